The average Bonchev–Trinajstić information content (AvgIpc) is 2.47. The van der Waals surface area contributed by atoms with Crippen LogP contribution in [0.5, 0.6) is 11.5 Å². The fourth-order valence-electron chi connectivity index (χ4n) is 1.84. The number of anilines is 1. The van der Waals surface area contributed by atoms with E-state index in [0.29, 0.717) is 22.6 Å². The van der Waals surface area contributed by atoms with Crippen LogP contribution in [0.2, 0.25) is 5.02 Å². The van der Waals surface area contributed by atoms with E-state index in [0.717, 1.165) is 23.4 Å². The molecule has 0 saturated heterocycles. The van der Waals surface area contributed by atoms with Crippen LogP contribution in [0.4, 0.5) is 5.69 Å². The second-order valence-corrected chi connectivity index (χ2v) is 5.92. The third-order valence-corrected chi connectivity index (χ3v) is 3.77. The highest BCUT2D eigenvalue weighted by Crippen LogP contribution is 2.29. The van der Waals surface area contributed by atoms with Gasteiger partial charge in [-0.15, -0.1) is 0 Å². The fourth-order valence-corrected chi connectivity index (χ4v) is 2.43. The maximum Gasteiger partial charge on any atom is 0.142 e. The van der Waals surface area contributed by atoms with Crippen LogP contribution in [0.15, 0.2) is 40.9 Å². The standard InChI is InChI=1S/C16H17BrClNO2/c1-2-7-21-16-6-4-12(18)9-14(16)19-10-11-3-5-15(20)13(17)8-11/h3-6,8-9,19-20H,2,7,10H2,1H3. The van der Waals surface area contributed by atoms with Crippen molar-refractivity contribution in [1.29, 1.82) is 0 Å². The Bertz CT molecular complexity index is 619. The lowest BCUT2D eigenvalue weighted by Crippen LogP contribution is -2.03. The number of hydrogen-bond acceptors (Lipinski definition) is 3. The molecule has 0 aliphatic carbocycles. The maximum atomic E-state index is 9.50. The second kappa shape index (κ2) is 7.57. The molecule has 112 valence electrons. The van der Waals surface area contributed by atoms with Crippen molar-refractivity contribution in [3.05, 3.63) is 51.5 Å². The molecular formula is C16H17BrClNO2. The van der Waals surface area contributed by atoms with E-state index in [9.17, 15) is 5.11 Å². The lowest BCUT2D eigenvalue weighted by Gasteiger charge is -2.13. The first kappa shape index (κ1) is 16.0. The zero-order valence-corrected chi connectivity index (χ0v) is 14.0. The number of halogens is 2. The minimum atomic E-state index is 0.230. The van der Waals surface area contributed by atoms with E-state index in [2.05, 4.69) is 28.2 Å². The number of rotatable bonds is 6. The van der Waals surface area contributed by atoms with Gasteiger partial charge in [0.25, 0.3) is 0 Å². The van der Waals surface area contributed by atoms with E-state index in [4.69, 9.17) is 16.3 Å². The molecule has 0 unspecified atom stereocenters. The van der Waals surface area contributed by atoms with Gasteiger partial charge in [-0.05, 0) is 58.2 Å². The minimum Gasteiger partial charge on any atom is -0.507 e. The molecule has 0 fully saturated rings. The van der Waals surface area contributed by atoms with Crippen molar-refractivity contribution < 1.29 is 9.84 Å². The molecule has 0 radical (unpaired) electrons. The van der Waals surface area contributed by atoms with Gasteiger partial charge in [-0.25, -0.2) is 0 Å². The smallest absolute Gasteiger partial charge is 0.142 e. The van der Waals surface area contributed by atoms with Crippen LogP contribution < -0.4 is 10.1 Å². The number of hydrogen-bond donors (Lipinski definition) is 2. The van der Waals surface area contributed by atoms with Crippen LogP contribution in [-0.4, -0.2) is 11.7 Å². The third kappa shape index (κ3) is 4.55. The van der Waals surface area contributed by atoms with E-state index in [1.54, 1.807) is 6.07 Å². The van der Waals surface area contributed by atoms with Crippen LogP contribution >= 0.6 is 27.5 Å². The van der Waals surface area contributed by atoms with Crippen LogP contribution in [0.25, 0.3) is 0 Å². The molecule has 2 N–H and O–H groups in total. The summed E-state index contributed by atoms with van der Waals surface area (Å²) in [5.41, 5.74) is 1.90. The van der Waals surface area contributed by atoms with Crippen LogP contribution in [-0.2, 0) is 6.54 Å². The van der Waals surface area contributed by atoms with Gasteiger partial charge in [0.2, 0.25) is 0 Å². The molecule has 0 saturated carbocycles. The van der Waals surface area contributed by atoms with Crippen LogP contribution in [0, 0.1) is 0 Å². The van der Waals surface area contributed by atoms with Crippen molar-refractivity contribution in [3.8, 4) is 11.5 Å². The molecule has 0 atom stereocenters. The SMILES string of the molecule is CCCOc1ccc(Cl)cc1NCc1ccc(O)c(Br)c1. The Morgan fingerprint density at radius 1 is 1.24 bits per heavy atom. The van der Waals surface area contributed by atoms with Crippen LogP contribution in [0.1, 0.15) is 18.9 Å². The normalized spacial score (nSPS) is 10.4. The molecule has 0 spiro atoms. The summed E-state index contributed by atoms with van der Waals surface area (Å²) in [4.78, 5) is 0. The molecule has 21 heavy (non-hydrogen) atoms. The second-order valence-electron chi connectivity index (χ2n) is 4.63. The summed E-state index contributed by atoms with van der Waals surface area (Å²) in [6.45, 7) is 3.35. The largest absolute Gasteiger partial charge is 0.507 e. The Kier molecular flexibility index (Phi) is 5.76. The highest BCUT2D eigenvalue weighted by atomic mass is 79.9. The van der Waals surface area contributed by atoms with Crippen molar-refractivity contribution in [3.63, 3.8) is 0 Å². The van der Waals surface area contributed by atoms with Gasteiger partial charge < -0.3 is 15.2 Å². The lowest BCUT2D eigenvalue weighted by atomic mass is 10.2. The first-order chi connectivity index (χ1) is 10.1. The monoisotopic (exact) mass is 369 g/mol. The Balaban J connectivity index is 2.10. The van der Waals surface area contributed by atoms with Gasteiger partial charge in [-0.1, -0.05) is 24.6 Å². The Morgan fingerprint density at radius 3 is 2.76 bits per heavy atom. The summed E-state index contributed by atoms with van der Waals surface area (Å²) in [6.07, 6.45) is 0.951. The Morgan fingerprint density at radius 2 is 2.05 bits per heavy atom. The van der Waals surface area contributed by atoms with Gasteiger partial charge in [0, 0.05) is 11.6 Å². The molecule has 0 heterocycles. The topological polar surface area (TPSA) is 41.5 Å². The fraction of sp³-hybridized carbons (Fsp3) is 0.250. The number of aromatic hydroxyl groups is 1. The van der Waals surface area contributed by atoms with E-state index in [-0.39, 0.29) is 5.75 Å². The van der Waals surface area contributed by atoms with Crippen molar-refractivity contribution in [2.75, 3.05) is 11.9 Å². The van der Waals surface area contributed by atoms with Crippen molar-refractivity contribution >= 4 is 33.2 Å². The van der Waals surface area contributed by atoms with Crippen molar-refractivity contribution in [2.24, 2.45) is 0 Å². The summed E-state index contributed by atoms with van der Waals surface area (Å²) in [5, 5.41) is 13.5. The number of benzene rings is 2. The van der Waals surface area contributed by atoms with Gasteiger partial charge in [-0.2, -0.15) is 0 Å². The molecule has 0 bridgehead atoms. The summed E-state index contributed by atoms with van der Waals surface area (Å²) < 4.78 is 6.38. The summed E-state index contributed by atoms with van der Waals surface area (Å²) >= 11 is 9.35. The van der Waals surface area contributed by atoms with Crippen molar-refractivity contribution in [2.45, 2.75) is 19.9 Å². The zero-order valence-electron chi connectivity index (χ0n) is 11.7. The van der Waals surface area contributed by atoms with Gasteiger partial charge in [0.1, 0.15) is 11.5 Å². The molecule has 3 nitrogen and oxygen atoms in total. The van der Waals surface area contributed by atoms with Crippen molar-refractivity contribution in [1.82, 2.24) is 0 Å². The third-order valence-electron chi connectivity index (χ3n) is 2.90. The zero-order chi connectivity index (χ0) is 15.2. The first-order valence-electron chi connectivity index (χ1n) is 6.73. The van der Waals surface area contributed by atoms with E-state index >= 15 is 0 Å². The molecule has 2 aromatic rings. The van der Waals surface area contributed by atoms with Gasteiger partial charge in [-0.3, -0.25) is 0 Å². The molecule has 0 aromatic heterocycles. The van der Waals surface area contributed by atoms with Gasteiger partial charge >= 0.3 is 0 Å². The molecule has 2 aromatic carbocycles. The highest BCUT2D eigenvalue weighted by molar-refractivity contribution is 9.10. The molecule has 0 aliphatic rings. The number of ether oxygens (including phenoxy) is 1. The van der Waals surface area contributed by atoms with Gasteiger partial charge in [0.15, 0.2) is 0 Å². The number of nitrogens with one attached hydrogen (secondary N) is 1. The number of phenols is 1. The van der Waals surface area contributed by atoms with E-state index < -0.39 is 0 Å². The lowest BCUT2D eigenvalue weighted by molar-refractivity contribution is 0.319. The maximum absolute atomic E-state index is 9.50. The predicted molar refractivity (Wildman–Crippen MR) is 90.4 cm³/mol. The Hall–Kier alpha value is -1.39. The molecular weight excluding hydrogens is 354 g/mol. The summed E-state index contributed by atoms with van der Waals surface area (Å²) in [6, 6.07) is 10.9. The highest BCUT2D eigenvalue weighted by Gasteiger charge is 2.06. The van der Waals surface area contributed by atoms with Gasteiger partial charge in [0.05, 0.1) is 16.8 Å². The molecule has 0 aliphatic heterocycles. The van der Waals surface area contributed by atoms with Crippen LogP contribution in [0.3, 0.4) is 0 Å². The van der Waals surface area contributed by atoms with E-state index in [1.165, 1.54) is 0 Å². The summed E-state index contributed by atoms with van der Waals surface area (Å²) in [7, 11) is 0. The predicted octanol–water partition coefficient (Wildman–Crippen LogP) is 5.21. The molecule has 0 amide bonds. The van der Waals surface area contributed by atoms with E-state index in [1.807, 2.05) is 30.3 Å². The first-order valence-corrected chi connectivity index (χ1v) is 7.91. The quantitative estimate of drug-likeness (QED) is 0.733. The minimum absolute atomic E-state index is 0.230. The molecule has 5 heteroatoms. The average molecular weight is 371 g/mol. The molecule has 2 rings (SSSR count). The number of phenolic OH excluding ortho intramolecular Hbond substituents is 1. The Labute approximate surface area is 138 Å². The summed E-state index contributed by atoms with van der Waals surface area (Å²) in [5.74, 6) is 1.02.